The molecule has 0 saturated carbocycles. The zero-order chi connectivity index (χ0) is 19.7. The first kappa shape index (κ1) is 15.8. The van der Waals surface area contributed by atoms with E-state index >= 15 is 0 Å². The van der Waals surface area contributed by atoms with E-state index in [0.717, 1.165) is 27.8 Å². The maximum absolute atomic E-state index is 6.43. The van der Waals surface area contributed by atoms with Gasteiger partial charge in [0.2, 0.25) is 0 Å². The van der Waals surface area contributed by atoms with Gasteiger partial charge in [-0.1, -0.05) is 66.7 Å². The maximum atomic E-state index is 6.43. The summed E-state index contributed by atoms with van der Waals surface area (Å²) in [4.78, 5) is 0. The lowest BCUT2D eigenvalue weighted by atomic mass is 10.1. The molecule has 0 spiro atoms. The number of hydrogen-bond donors (Lipinski definition) is 0. The van der Waals surface area contributed by atoms with Crippen LogP contribution in [0.3, 0.4) is 0 Å². The van der Waals surface area contributed by atoms with Crippen LogP contribution in [0.25, 0.3) is 60.2 Å². The van der Waals surface area contributed by atoms with Crippen LogP contribution in [0, 0.1) is 0 Å². The average molecular weight is 383 g/mol. The van der Waals surface area contributed by atoms with Gasteiger partial charge in [-0.2, -0.15) is 0 Å². The summed E-state index contributed by atoms with van der Waals surface area (Å²) >= 11 is 0. The predicted octanol–water partition coefficient (Wildman–Crippen LogP) is 7.84. The Kier molecular flexibility index (Phi) is 3.03. The summed E-state index contributed by atoms with van der Waals surface area (Å²) in [6.07, 6.45) is 0. The number of rotatable bonds is 1. The largest absolute Gasteiger partial charge is 0.456 e. The fourth-order valence-electron chi connectivity index (χ4n) is 4.88. The Morgan fingerprint density at radius 3 is 2.13 bits per heavy atom. The Bertz CT molecular complexity index is 1750. The maximum Gasteiger partial charge on any atom is 0.137 e. The van der Waals surface area contributed by atoms with Gasteiger partial charge in [-0.3, -0.25) is 0 Å². The van der Waals surface area contributed by atoms with Gasteiger partial charge in [0.25, 0.3) is 0 Å². The zero-order valence-electron chi connectivity index (χ0n) is 16.2. The predicted molar refractivity (Wildman–Crippen MR) is 126 cm³/mol. The lowest BCUT2D eigenvalue weighted by Crippen LogP contribution is -1.93. The number of benzene rings is 5. The highest BCUT2D eigenvalue weighted by molar-refractivity contribution is 6.26. The van der Waals surface area contributed by atoms with Crippen molar-refractivity contribution in [3.8, 4) is 5.69 Å². The molecule has 0 aliphatic heterocycles. The number of para-hydroxylation sites is 1. The highest BCUT2D eigenvalue weighted by Gasteiger charge is 2.18. The third-order valence-corrected chi connectivity index (χ3v) is 6.17. The van der Waals surface area contributed by atoms with Gasteiger partial charge in [-0.15, -0.1) is 0 Å². The van der Waals surface area contributed by atoms with Crippen molar-refractivity contribution < 1.29 is 4.42 Å². The van der Waals surface area contributed by atoms with Gasteiger partial charge in [0, 0.05) is 16.5 Å². The van der Waals surface area contributed by atoms with Crippen LogP contribution in [0.15, 0.2) is 108 Å². The van der Waals surface area contributed by atoms with Gasteiger partial charge in [0.1, 0.15) is 11.2 Å². The zero-order valence-corrected chi connectivity index (χ0v) is 16.2. The second-order valence-corrected chi connectivity index (χ2v) is 7.82. The first-order valence-corrected chi connectivity index (χ1v) is 10.2. The normalized spacial score (nSPS) is 12.0. The van der Waals surface area contributed by atoms with Gasteiger partial charge in [-0.25, -0.2) is 0 Å². The molecule has 0 aliphatic carbocycles. The molecule has 0 bridgehead atoms. The van der Waals surface area contributed by atoms with E-state index < -0.39 is 0 Å². The molecule has 2 heterocycles. The highest BCUT2D eigenvalue weighted by atomic mass is 16.3. The number of aromatic nitrogens is 1. The molecule has 5 aromatic carbocycles. The van der Waals surface area contributed by atoms with Crippen LogP contribution in [0.1, 0.15) is 0 Å². The van der Waals surface area contributed by atoms with E-state index in [2.05, 4.69) is 102 Å². The summed E-state index contributed by atoms with van der Waals surface area (Å²) in [5.74, 6) is 0. The minimum absolute atomic E-state index is 0.908. The highest BCUT2D eigenvalue weighted by Crippen LogP contribution is 2.40. The number of nitrogens with zero attached hydrogens (tertiary/aromatic N) is 1. The van der Waals surface area contributed by atoms with Crippen molar-refractivity contribution in [2.75, 3.05) is 0 Å². The van der Waals surface area contributed by atoms with E-state index in [-0.39, 0.29) is 0 Å². The molecule has 0 N–H and O–H groups in total. The van der Waals surface area contributed by atoms with E-state index in [0.29, 0.717) is 0 Å². The van der Waals surface area contributed by atoms with E-state index in [1.165, 1.54) is 32.4 Å². The fraction of sp³-hybridized carbons (Fsp3) is 0. The first-order chi connectivity index (χ1) is 14.9. The van der Waals surface area contributed by atoms with Crippen LogP contribution in [0.5, 0.6) is 0 Å². The first-order valence-electron chi connectivity index (χ1n) is 10.2. The monoisotopic (exact) mass is 383 g/mol. The van der Waals surface area contributed by atoms with Gasteiger partial charge in [-0.05, 0) is 52.6 Å². The molecule has 0 radical (unpaired) electrons. The molecule has 0 amide bonds. The standard InChI is InChI=1S/C28H17NO/c1-2-8-19-17-20(16-15-18(19)7-1)29-23-11-5-10-22-21-9-3-4-13-25(21)30-26-14-6-12-24(29)28(26)27(22)23/h1-17H. The van der Waals surface area contributed by atoms with Gasteiger partial charge >= 0.3 is 0 Å². The minimum atomic E-state index is 0.908. The summed E-state index contributed by atoms with van der Waals surface area (Å²) in [7, 11) is 0. The molecule has 2 heteroatoms. The van der Waals surface area contributed by atoms with Crippen molar-refractivity contribution >= 4 is 54.5 Å². The Hall–Kier alpha value is -4.04. The van der Waals surface area contributed by atoms with Crippen LogP contribution in [0.2, 0.25) is 0 Å². The Morgan fingerprint density at radius 2 is 1.20 bits per heavy atom. The van der Waals surface area contributed by atoms with Crippen molar-refractivity contribution in [1.82, 2.24) is 4.57 Å². The summed E-state index contributed by atoms with van der Waals surface area (Å²) in [6.45, 7) is 0. The third kappa shape index (κ3) is 2.03. The molecular formula is C28H17NO. The Morgan fingerprint density at radius 1 is 0.500 bits per heavy atom. The molecule has 0 aliphatic rings. The quantitative estimate of drug-likeness (QED) is 0.282. The minimum Gasteiger partial charge on any atom is -0.456 e. The molecule has 0 fully saturated rings. The molecule has 2 aromatic heterocycles. The molecule has 0 unspecified atom stereocenters. The summed E-state index contributed by atoms with van der Waals surface area (Å²) in [5, 5.41) is 7.27. The van der Waals surface area contributed by atoms with Crippen molar-refractivity contribution in [1.29, 1.82) is 0 Å². The lowest BCUT2D eigenvalue weighted by molar-refractivity contribution is 0.664. The van der Waals surface area contributed by atoms with E-state index in [1.54, 1.807) is 0 Å². The Balaban J connectivity index is 1.74. The third-order valence-electron chi connectivity index (χ3n) is 6.17. The molecule has 7 rings (SSSR count). The van der Waals surface area contributed by atoms with E-state index in [4.69, 9.17) is 4.42 Å². The molecule has 2 nitrogen and oxygen atoms in total. The van der Waals surface area contributed by atoms with Crippen molar-refractivity contribution in [2.45, 2.75) is 0 Å². The van der Waals surface area contributed by atoms with Crippen LogP contribution in [-0.2, 0) is 0 Å². The van der Waals surface area contributed by atoms with E-state index in [1.807, 2.05) is 6.07 Å². The summed E-state index contributed by atoms with van der Waals surface area (Å²) < 4.78 is 8.79. The Labute approximate surface area is 172 Å². The second-order valence-electron chi connectivity index (χ2n) is 7.82. The molecule has 7 aromatic rings. The molecular weight excluding hydrogens is 366 g/mol. The van der Waals surface area contributed by atoms with Gasteiger partial charge in [0.15, 0.2) is 0 Å². The van der Waals surface area contributed by atoms with Crippen molar-refractivity contribution in [2.24, 2.45) is 0 Å². The smallest absolute Gasteiger partial charge is 0.137 e. The van der Waals surface area contributed by atoms with Gasteiger partial charge < -0.3 is 8.98 Å². The lowest BCUT2D eigenvalue weighted by Gasteiger charge is -2.09. The average Bonchev–Trinajstić information content (AvgIpc) is 3.06. The fourth-order valence-corrected chi connectivity index (χ4v) is 4.88. The molecule has 0 saturated heterocycles. The molecule has 140 valence electrons. The van der Waals surface area contributed by atoms with Crippen LogP contribution < -0.4 is 0 Å². The molecule has 0 atom stereocenters. The van der Waals surface area contributed by atoms with Crippen molar-refractivity contribution in [3.63, 3.8) is 0 Å². The number of fused-ring (bicyclic) bond motifs is 3. The summed E-state index contributed by atoms with van der Waals surface area (Å²) in [6, 6.07) is 36.4. The number of hydrogen-bond acceptors (Lipinski definition) is 1. The van der Waals surface area contributed by atoms with Crippen LogP contribution in [0.4, 0.5) is 0 Å². The van der Waals surface area contributed by atoms with Crippen LogP contribution in [-0.4, -0.2) is 4.57 Å². The molecule has 30 heavy (non-hydrogen) atoms. The van der Waals surface area contributed by atoms with E-state index in [9.17, 15) is 0 Å². The van der Waals surface area contributed by atoms with Gasteiger partial charge in [0.05, 0.1) is 16.4 Å². The SMILES string of the molecule is c1ccc2cc(-n3c4cccc5oc6ccccc6c6cccc3c6c54)ccc2c1. The second kappa shape index (κ2) is 5.74. The summed E-state index contributed by atoms with van der Waals surface area (Å²) in [5.41, 5.74) is 5.35. The topological polar surface area (TPSA) is 18.1 Å². The van der Waals surface area contributed by atoms with Crippen LogP contribution >= 0.6 is 0 Å². The van der Waals surface area contributed by atoms with Crippen molar-refractivity contribution in [3.05, 3.63) is 103 Å².